The molecule has 0 fully saturated rings. The fourth-order valence-corrected chi connectivity index (χ4v) is 2.65. The Hall–Kier alpha value is -2.30. The van der Waals surface area contributed by atoms with Crippen molar-refractivity contribution in [2.45, 2.75) is 26.1 Å². The van der Waals surface area contributed by atoms with Gasteiger partial charge in [-0.3, -0.25) is 4.79 Å². The van der Waals surface area contributed by atoms with Gasteiger partial charge in [0.05, 0.1) is 12.1 Å². The van der Waals surface area contributed by atoms with Crippen LogP contribution in [0.2, 0.25) is 0 Å². The molecule has 2 aromatic rings. The topological polar surface area (TPSA) is 65.5 Å². The second-order valence-electron chi connectivity index (χ2n) is 6.35. The van der Waals surface area contributed by atoms with Gasteiger partial charge in [-0.25, -0.2) is 4.99 Å². The number of alkyl halides is 3. The van der Waals surface area contributed by atoms with E-state index in [1.54, 1.807) is 25.2 Å². The van der Waals surface area contributed by atoms with Gasteiger partial charge in [-0.05, 0) is 48.7 Å². The zero-order chi connectivity index (χ0) is 21.3. The van der Waals surface area contributed by atoms with Crippen LogP contribution in [0.15, 0.2) is 53.5 Å². The SMILES string of the molecule is CCNC(=NCc1cccc(C(=O)NC)c1)NCCc1ccc(C(F)(F)F)cc1.I. The van der Waals surface area contributed by atoms with E-state index in [0.717, 1.165) is 23.3 Å². The van der Waals surface area contributed by atoms with Crippen molar-refractivity contribution in [3.05, 3.63) is 70.8 Å². The quantitative estimate of drug-likeness (QED) is 0.286. The molecule has 0 unspecified atom stereocenters. The second-order valence-corrected chi connectivity index (χ2v) is 6.35. The van der Waals surface area contributed by atoms with Crippen molar-refractivity contribution < 1.29 is 18.0 Å². The first-order valence-corrected chi connectivity index (χ1v) is 9.32. The highest BCUT2D eigenvalue weighted by atomic mass is 127. The first-order valence-electron chi connectivity index (χ1n) is 9.32. The van der Waals surface area contributed by atoms with Gasteiger partial charge in [-0.1, -0.05) is 24.3 Å². The van der Waals surface area contributed by atoms with Gasteiger partial charge in [0, 0.05) is 25.7 Å². The molecule has 3 N–H and O–H groups in total. The number of guanidine groups is 1. The summed E-state index contributed by atoms with van der Waals surface area (Å²) in [6.07, 6.45) is -3.76. The van der Waals surface area contributed by atoms with Gasteiger partial charge in [0.1, 0.15) is 0 Å². The fraction of sp³-hybridized carbons (Fsp3) is 0.333. The number of carbonyl (C=O) groups excluding carboxylic acids is 1. The van der Waals surface area contributed by atoms with Gasteiger partial charge in [0.25, 0.3) is 5.91 Å². The Morgan fingerprint density at radius 1 is 1.03 bits per heavy atom. The highest BCUT2D eigenvalue weighted by Gasteiger charge is 2.29. The first kappa shape index (κ1) is 25.7. The number of nitrogens with one attached hydrogen (secondary N) is 3. The Morgan fingerprint density at radius 2 is 1.73 bits per heavy atom. The average Bonchev–Trinajstić information content (AvgIpc) is 2.71. The molecule has 0 bridgehead atoms. The molecule has 1 amide bonds. The van der Waals surface area contributed by atoms with Crippen LogP contribution in [0.1, 0.15) is 34.0 Å². The normalized spacial score (nSPS) is 11.4. The van der Waals surface area contributed by atoms with Crippen LogP contribution in [0.5, 0.6) is 0 Å². The molecule has 2 rings (SSSR count). The number of carbonyl (C=O) groups is 1. The van der Waals surface area contributed by atoms with E-state index in [2.05, 4.69) is 20.9 Å². The van der Waals surface area contributed by atoms with Gasteiger partial charge in [-0.2, -0.15) is 13.2 Å². The average molecular weight is 534 g/mol. The van der Waals surface area contributed by atoms with Crippen LogP contribution < -0.4 is 16.0 Å². The predicted molar refractivity (Wildman–Crippen MR) is 123 cm³/mol. The van der Waals surface area contributed by atoms with E-state index >= 15 is 0 Å². The number of rotatable bonds is 7. The lowest BCUT2D eigenvalue weighted by atomic mass is 10.1. The summed E-state index contributed by atoms with van der Waals surface area (Å²) in [7, 11) is 1.58. The van der Waals surface area contributed by atoms with Crippen molar-refractivity contribution in [1.29, 1.82) is 0 Å². The summed E-state index contributed by atoms with van der Waals surface area (Å²) in [5.41, 5.74) is 1.62. The number of hydrogen-bond acceptors (Lipinski definition) is 2. The predicted octanol–water partition coefficient (Wildman–Crippen LogP) is 3.98. The van der Waals surface area contributed by atoms with E-state index in [-0.39, 0.29) is 29.9 Å². The maximum absolute atomic E-state index is 12.6. The number of halogens is 4. The van der Waals surface area contributed by atoms with Crippen molar-refractivity contribution in [2.75, 3.05) is 20.1 Å². The summed E-state index contributed by atoms with van der Waals surface area (Å²) < 4.78 is 37.9. The molecule has 0 aliphatic rings. The highest BCUT2D eigenvalue weighted by molar-refractivity contribution is 14.0. The zero-order valence-corrected chi connectivity index (χ0v) is 19.2. The molecule has 0 atom stereocenters. The minimum absolute atomic E-state index is 0. The van der Waals surface area contributed by atoms with Crippen molar-refractivity contribution in [3.8, 4) is 0 Å². The van der Waals surface area contributed by atoms with Crippen LogP contribution >= 0.6 is 24.0 Å². The molecule has 5 nitrogen and oxygen atoms in total. The molecule has 9 heteroatoms. The molecule has 0 saturated heterocycles. The molecule has 30 heavy (non-hydrogen) atoms. The maximum Gasteiger partial charge on any atom is 0.416 e. The third-order valence-corrected chi connectivity index (χ3v) is 4.17. The largest absolute Gasteiger partial charge is 0.416 e. The van der Waals surface area contributed by atoms with Crippen molar-refractivity contribution in [2.24, 2.45) is 4.99 Å². The molecule has 0 heterocycles. The van der Waals surface area contributed by atoms with Gasteiger partial charge >= 0.3 is 6.18 Å². The minimum Gasteiger partial charge on any atom is -0.357 e. The van der Waals surface area contributed by atoms with Crippen LogP contribution in [0.4, 0.5) is 13.2 Å². The van der Waals surface area contributed by atoms with Crippen LogP contribution in [0.25, 0.3) is 0 Å². The molecule has 0 saturated carbocycles. The monoisotopic (exact) mass is 534 g/mol. The number of nitrogens with zero attached hydrogens (tertiary/aromatic N) is 1. The van der Waals surface area contributed by atoms with E-state index < -0.39 is 11.7 Å². The van der Waals surface area contributed by atoms with Gasteiger partial charge in [-0.15, -0.1) is 24.0 Å². The van der Waals surface area contributed by atoms with Crippen LogP contribution in [-0.4, -0.2) is 32.0 Å². The highest BCUT2D eigenvalue weighted by Crippen LogP contribution is 2.29. The van der Waals surface area contributed by atoms with E-state index in [0.29, 0.717) is 37.6 Å². The Balaban J connectivity index is 0.00000450. The minimum atomic E-state index is -4.32. The number of benzene rings is 2. The molecule has 0 radical (unpaired) electrons. The lowest BCUT2D eigenvalue weighted by Gasteiger charge is -2.12. The molecular formula is C21H26F3IN4O. The van der Waals surface area contributed by atoms with Crippen molar-refractivity contribution in [3.63, 3.8) is 0 Å². The Labute approximate surface area is 191 Å². The van der Waals surface area contributed by atoms with E-state index in [9.17, 15) is 18.0 Å². The molecular weight excluding hydrogens is 508 g/mol. The maximum atomic E-state index is 12.6. The summed E-state index contributed by atoms with van der Waals surface area (Å²) >= 11 is 0. The zero-order valence-electron chi connectivity index (χ0n) is 16.8. The van der Waals surface area contributed by atoms with E-state index in [1.807, 2.05) is 13.0 Å². The molecule has 0 aliphatic heterocycles. The number of hydrogen-bond donors (Lipinski definition) is 3. The van der Waals surface area contributed by atoms with Gasteiger partial charge in [0.2, 0.25) is 0 Å². The van der Waals surface area contributed by atoms with Crippen LogP contribution in [0.3, 0.4) is 0 Å². The smallest absolute Gasteiger partial charge is 0.357 e. The summed E-state index contributed by atoms with van der Waals surface area (Å²) in [5.74, 6) is 0.446. The lowest BCUT2D eigenvalue weighted by molar-refractivity contribution is -0.137. The Morgan fingerprint density at radius 3 is 2.33 bits per heavy atom. The summed E-state index contributed by atoms with van der Waals surface area (Å²) in [5, 5.41) is 8.88. The van der Waals surface area contributed by atoms with E-state index in [1.165, 1.54) is 12.1 Å². The molecule has 2 aromatic carbocycles. The lowest BCUT2D eigenvalue weighted by Crippen LogP contribution is -2.38. The van der Waals surface area contributed by atoms with Gasteiger partial charge in [0.15, 0.2) is 5.96 Å². The molecule has 0 aromatic heterocycles. The molecule has 164 valence electrons. The second kappa shape index (κ2) is 12.4. The Bertz CT molecular complexity index is 839. The van der Waals surface area contributed by atoms with E-state index in [4.69, 9.17) is 0 Å². The van der Waals surface area contributed by atoms with Crippen molar-refractivity contribution in [1.82, 2.24) is 16.0 Å². The van der Waals surface area contributed by atoms with Crippen LogP contribution in [-0.2, 0) is 19.1 Å². The molecule has 0 aliphatic carbocycles. The van der Waals surface area contributed by atoms with Crippen molar-refractivity contribution >= 4 is 35.8 Å². The number of aliphatic imine (C=N–C) groups is 1. The third-order valence-electron chi connectivity index (χ3n) is 4.17. The Kier molecular flexibility index (Phi) is 10.6. The van der Waals surface area contributed by atoms with Gasteiger partial charge < -0.3 is 16.0 Å². The summed E-state index contributed by atoms with van der Waals surface area (Å²) in [6, 6.07) is 12.4. The fourth-order valence-electron chi connectivity index (χ4n) is 2.65. The first-order chi connectivity index (χ1) is 13.8. The summed E-state index contributed by atoms with van der Waals surface area (Å²) in [4.78, 5) is 16.2. The number of amides is 1. The van der Waals surface area contributed by atoms with Crippen LogP contribution in [0, 0.1) is 0 Å². The third kappa shape index (κ3) is 8.21. The summed E-state index contributed by atoms with van der Waals surface area (Å²) in [6.45, 7) is 3.53. The standard InChI is InChI=1S/C21H25F3N4O.HI/c1-3-26-20(28-14-16-5-4-6-17(13-16)19(29)25-2)27-12-11-15-7-9-18(10-8-15)21(22,23)24;/h4-10,13H,3,11-12,14H2,1-2H3,(H,25,29)(H2,26,27,28);1H. The molecule has 0 spiro atoms.